The molecule has 0 radical (unpaired) electrons. The van der Waals surface area contributed by atoms with Crippen LogP contribution in [0.3, 0.4) is 0 Å². The summed E-state index contributed by atoms with van der Waals surface area (Å²) in [5.41, 5.74) is 1.68. The van der Waals surface area contributed by atoms with Crippen LogP contribution < -0.4 is 4.90 Å². The highest BCUT2D eigenvalue weighted by Gasteiger charge is 2.23. The third-order valence-corrected chi connectivity index (χ3v) is 8.12. The van der Waals surface area contributed by atoms with Gasteiger partial charge in [-0.05, 0) is 31.9 Å². The lowest BCUT2D eigenvalue weighted by molar-refractivity contribution is 0.0985. The Bertz CT molecular complexity index is 1170. The lowest BCUT2D eigenvalue weighted by atomic mass is 10.1. The Morgan fingerprint density at radius 2 is 2.10 bits per heavy atom. The first-order valence-electron chi connectivity index (χ1n) is 10.5. The van der Waals surface area contributed by atoms with E-state index in [1.807, 2.05) is 24.4 Å². The number of hydrogen-bond donors (Lipinski definition) is 1. The molecule has 5 heterocycles. The van der Waals surface area contributed by atoms with Gasteiger partial charge in [-0.1, -0.05) is 6.42 Å². The molecule has 3 aromatic heterocycles. The minimum atomic E-state index is -2.26. The minimum absolute atomic E-state index is 0.197. The number of fused-ring (bicyclic) bond motifs is 1. The number of nitrogens with one attached hydrogen (secondary N) is 1. The van der Waals surface area contributed by atoms with Gasteiger partial charge < -0.3 is 14.6 Å². The van der Waals surface area contributed by atoms with Crippen molar-refractivity contribution >= 4 is 32.4 Å². The van der Waals surface area contributed by atoms with Gasteiger partial charge in [-0.3, -0.25) is 0 Å². The number of anilines is 1. The summed E-state index contributed by atoms with van der Waals surface area (Å²) >= 11 is 0. The van der Waals surface area contributed by atoms with E-state index in [4.69, 9.17) is 14.7 Å². The van der Waals surface area contributed by atoms with Crippen molar-refractivity contribution < 1.29 is 8.95 Å². The summed E-state index contributed by atoms with van der Waals surface area (Å²) < 4.78 is 23.5. The molecule has 5 rings (SSSR count). The molecule has 30 heavy (non-hydrogen) atoms. The van der Waals surface area contributed by atoms with Crippen LogP contribution in [0.5, 0.6) is 0 Å². The summed E-state index contributed by atoms with van der Waals surface area (Å²) in [5, 5.41) is 0.956. The van der Waals surface area contributed by atoms with E-state index < -0.39 is 9.73 Å². The summed E-state index contributed by atoms with van der Waals surface area (Å²) in [6.45, 7) is 4.18. The van der Waals surface area contributed by atoms with Crippen LogP contribution in [0, 0.1) is 0 Å². The molecule has 9 heteroatoms. The van der Waals surface area contributed by atoms with Gasteiger partial charge >= 0.3 is 0 Å². The van der Waals surface area contributed by atoms with Crippen LogP contribution in [0.1, 0.15) is 26.2 Å². The molecular weight excluding hydrogens is 400 g/mol. The number of aromatic nitrogens is 4. The van der Waals surface area contributed by atoms with Crippen LogP contribution in [0.15, 0.2) is 35.0 Å². The number of morpholine rings is 1. The fourth-order valence-corrected chi connectivity index (χ4v) is 6.29. The highest BCUT2D eigenvalue weighted by atomic mass is 32.2. The molecule has 0 aromatic carbocycles. The second-order valence-electron chi connectivity index (χ2n) is 7.96. The fraction of sp³-hybridized carbons (Fsp3) is 0.476. The molecule has 3 aromatic rings. The molecular formula is C21H26N6O2S. The Morgan fingerprint density at radius 3 is 2.93 bits per heavy atom. The zero-order valence-electron chi connectivity index (χ0n) is 17.1. The molecule has 0 unspecified atom stereocenters. The van der Waals surface area contributed by atoms with E-state index >= 15 is 0 Å². The molecule has 1 atom stereocenters. The van der Waals surface area contributed by atoms with E-state index in [9.17, 15) is 4.21 Å². The van der Waals surface area contributed by atoms with E-state index in [-0.39, 0.29) is 6.04 Å². The molecule has 158 valence electrons. The lowest BCUT2D eigenvalue weighted by Gasteiger charge is -2.34. The Balaban J connectivity index is 1.66. The van der Waals surface area contributed by atoms with Crippen LogP contribution in [0.4, 0.5) is 11.6 Å². The Kier molecular flexibility index (Phi) is 5.16. The van der Waals surface area contributed by atoms with Crippen LogP contribution in [-0.2, 0) is 14.5 Å². The summed E-state index contributed by atoms with van der Waals surface area (Å²) in [4.78, 5) is 19.4. The smallest absolute Gasteiger partial charge is 0.167 e. The number of rotatable bonds is 3. The molecule has 0 saturated carbocycles. The highest BCUT2D eigenvalue weighted by Crippen LogP contribution is 2.30. The number of pyridine rings is 1. The maximum Gasteiger partial charge on any atom is 0.167 e. The van der Waals surface area contributed by atoms with E-state index in [2.05, 4.69) is 26.2 Å². The molecule has 0 bridgehead atoms. The Morgan fingerprint density at radius 1 is 1.23 bits per heavy atom. The maximum absolute atomic E-state index is 13.3. The molecule has 0 amide bonds. The van der Waals surface area contributed by atoms with Crippen LogP contribution in [0.25, 0.3) is 22.4 Å². The summed E-state index contributed by atoms with van der Waals surface area (Å²) in [6, 6.07) is 5.97. The van der Waals surface area contributed by atoms with Crippen molar-refractivity contribution in [3.63, 3.8) is 0 Å². The van der Waals surface area contributed by atoms with Gasteiger partial charge in [0.25, 0.3) is 0 Å². The normalized spacial score (nSPS) is 21.6. The van der Waals surface area contributed by atoms with E-state index in [1.54, 1.807) is 6.20 Å². The third kappa shape index (κ3) is 3.79. The number of ether oxygens (including phenoxy) is 1. The Labute approximate surface area is 176 Å². The summed E-state index contributed by atoms with van der Waals surface area (Å²) in [7, 11) is -2.26. The van der Waals surface area contributed by atoms with Gasteiger partial charge in [0.2, 0.25) is 0 Å². The molecule has 2 aliphatic heterocycles. The number of H-pyrrole nitrogens is 1. The minimum Gasteiger partial charge on any atom is -0.377 e. The van der Waals surface area contributed by atoms with Crippen LogP contribution in [-0.4, -0.2) is 61.5 Å². The second-order valence-corrected chi connectivity index (χ2v) is 10.5. The van der Waals surface area contributed by atoms with Crippen molar-refractivity contribution in [2.75, 3.05) is 36.2 Å². The molecule has 2 aliphatic rings. The number of hydrogen-bond acceptors (Lipinski definition) is 7. The summed E-state index contributed by atoms with van der Waals surface area (Å²) in [5.74, 6) is 3.17. The maximum atomic E-state index is 13.3. The average Bonchev–Trinajstić information content (AvgIpc) is 3.23. The van der Waals surface area contributed by atoms with Crippen molar-refractivity contribution in [1.82, 2.24) is 19.9 Å². The number of aromatic amines is 1. The fourth-order valence-electron chi connectivity index (χ4n) is 4.16. The molecule has 2 fully saturated rings. The molecule has 1 N–H and O–H groups in total. The predicted molar refractivity (Wildman–Crippen MR) is 119 cm³/mol. The molecule has 0 spiro atoms. The van der Waals surface area contributed by atoms with E-state index in [0.717, 1.165) is 48.2 Å². The second kappa shape index (κ2) is 7.96. The van der Waals surface area contributed by atoms with Gasteiger partial charge in [0.05, 0.1) is 29.0 Å². The predicted octanol–water partition coefficient (Wildman–Crippen LogP) is 3.53. The Hall–Kier alpha value is -2.52. The van der Waals surface area contributed by atoms with Crippen molar-refractivity contribution in [2.45, 2.75) is 32.2 Å². The van der Waals surface area contributed by atoms with Gasteiger partial charge in [0.1, 0.15) is 11.5 Å². The quantitative estimate of drug-likeness (QED) is 0.688. The zero-order valence-corrected chi connectivity index (χ0v) is 17.9. The number of nitrogens with zero attached hydrogens (tertiary/aromatic N) is 5. The first-order valence-corrected chi connectivity index (χ1v) is 12.4. The van der Waals surface area contributed by atoms with Gasteiger partial charge in [-0.25, -0.2) is 19.2 Å². The standard InChI is InChI=1S/C21H26N6O2S/c1-15-14-29-10-9-27(15)19-13-18(26-30(28)11-3-2-4-12-30)24-21(25-19)17-6-8-23-20-16(17)5-7-22-20/h5-8,13,15H,2-4,9-12,14H2,1H3,(H,22,23)/t15-/m1/s1. The topological polar surface area (TPSA) is 96.4 Å². The van der Waals surface area contributed by atoms with Gasteiger partial charge in [0, 0.05) is 47.5 Å². The monoisotopic (exact) mass is 426 g/mol. The van der Waals surface area contributed by atoms with Crippen LogP contribution >= 0.6 is 0 Å². The SMILES string of the molecule is C[C@@H]1COCCN1c1cc(N=S2(=O)CCCCC2)nc(-c2ccnc3[nH]ccc23)n1. The van der Waals surface area contributed by atoms with Crippen molar-refractivity contribution in [3.8, 4) is 11.4 Å². The summed E-state index contributed by atoms with van der Waals surface area (Å²) in [6.07, 6.45) is 6.66. The van der Waals surface area contributed by atoms with Crippen molar-refractivity contribution in [3.05, 3.63) is 30.6 Å². The highest BCUT2D eigenvalue weighted by molar-refractivity contribution is 7.93. The van der Waals surface area contributed by atoms with E-state index in [1.165, 1.54) is 0 Å². The van der Waals surface area contributed by atoms with Crippen molar-refractivity contribution in [1.29, 1.82) is 0 Å². The first-order chi connectivity index (χ1) is 14.6. The van der Waals surface area contributed by atoms with Crippen molar-refractivity contribution in [2.24, 2.45) is 4.36 Å². The van der Waals surface area contributed by atoms with Gasteiger partial charge in [0.15, 0.2) is 11.6 Å². The largest absolute Gasteiger partial charge is 0.377 e. The zero-order chi connectivity index (χ0) is 20.6. The van der Waals surface area contributed by atoms with Crippen LogP contribution in [0.2, 0.25) is 0 Å². The van der Waals surface area contributed by atoms with Gasteiger partial charge in [-0.2, -0.15) is 4.36 Å². The molecule has 2 saturated heterocycles. The third-order valence-electron chi connectivity index (χ3n) is 5.75. The lowest BCUT2D eigenvalue weighted by Crippen LogP contribution is -2.44. The van der Waals surface area contributed by atoms with E-state index in [0.29, 0.717) is 36.4 Å². The average molecular weight is 427 g/mol. The first kappa shape index (κ1) is 19.4. The molecule has 8 nitrogen and oxygen atoms in total. The molecule has 0 aliphatic carbocycles. The van der Waals surface area contributed by atoms with Gasteiger partial charge in [-0.15, -0.1) is 0 Å².